The smallest absolute Gasteiger partial charge is 0.255 e. The molecule has 3 heterocycles. The summed E-state index contributed by atoms with van der Waals surface area (Å²) in [6.45, 7) is 4.32. The van der Waals surface area contributed by atoms with Crippen LogP contribution in [0.5, 0.6) is 0 Å². The maximum Gasteiger partial charge on any atom is 0.255 e. The molecule has 7 nitrogen and oxygen atoms in total. The van der Waals surface area contributed by atoms with E-state index in [1.54, 1.807) is 16.5 Å². The number of hydrogen-bond acceptors (Lipinski definition) is 5. The van der Waals surface area contributed by atoms with Gasteiger partial charge in [0.2, 0.25) is 5.95 Å². The van der Waals surface area contributed by atoms with Gasteiger partial charge in [-0.05, 0) is 54.4 Å². The van der Waals surface area contributed by atoms with Crippen LogP contribution >= 0.6 is 0 Å². The molecule has 2 aliphatic rings. The lowest BCUT2D eigenvalue weighted by atomic mass is 9.88. The predicted octanol–water partition coefficient (Wildman–Crippen LogP) is 4.41. The van der Waals surface area contributed by atoms with E-state index in [0.717, 1.165) is 42.8 Å². The standard InChI is InChI=1S/C24H25N7/c1-15(2)21-14-26-31-22(21)28-23(30-11-5-10-25-30)29-24(31)27-18-9-8-17-12-16-6-3-4-7-19(16)20(17)13-18/h3-7,10-11,14-15,18H,8-9,12-13H2,1-2H3,(H,27,28,29)/t18-/m1/s1. The first-order valence-electron chi connectivity index (χ1n) is 11.0. The van der Waals surface area contributed by atoms with E-state index in [0.29, 0.717) is 17.9 Å². The van der Waals surface area contributed by atoms with Gasteiger partial charge in [-0.3, -0.25) is 0 Å². The van der Waals surface area contributed by atoms with Crippen molar-refractivity contribution in [2.45, 2.75) is 51.5 Å². The monoisotopic (exact) mass is 411 g/mol. The van der Waals surface area contributed by atoms with Crippen molar-refractivity contribution in [2.24, 2.45) is 0 Å². The zero-order chi connectivity index (χ0) is 20.9. The molecule has 0 saturated heterocycles. The van der Waals surface area contributed by atoms with Gasteiger partial charge in [-0.15, -0.1) is 0 Å². The van der Waals surface area contributed by atoms with Gasteiger partial charge in [0.15, 0.2) is 5.65 Å². The van der Waals surface area contributed by atoms with E-state index < -0.39 is 0 Å². The number of anilines is 1. The lowest BCUT2D eigenvalue weighted by Gasteiger charge is -2.26. The lowest BCUT2D eigenvalue weighted by Crippen LogP contribution is -2.26. The molecule has 156 valence electrons. The summed E-state index contributed by atoms with van der Waals surface area (Å²) in [6, 6.07) is 11.0. The molecule has 3 aromatic heterocycles. The molecule has 4 aromatic rings. The molecule has 0 aliphatic heterocycles. The third-order valence-corrected chi connectivity index (χ3v) is 6.47. The maximum absolute atomic E-state index is 4.80. The summed E-state index contributed by atoms with van der Waals surface area (Å²) in [5.74, 6) is 1.61. The summed E-state index contributed by atoms with van der Waals surface area (Å²) in [6.07, 6.45) is 9.85. The number of benzene rings is 1. The molecule has 1 N–H and O–H groups in total. The molecule has 0 saturated carbocycles. The van der Waals surface area contributed by atoms with E-state index in [9.17, 15) is 0 Å². The molecule has 2 aliphatic carbocycles. The first-order chi connectivity index (χ1) is 15.2. The summed E-state index contributed by atoms with van der Waals surface area (Å²) in [5.41, 5.74) is 7.95. The fourth-order valence-corrected chi connectivity index (χ4v) is 4.87. The first kappa shape index (κ1) is 18.3. The normalized spacial score (nSPS) is 18.0. The minimum atomic E-state index is 0.306. The molecule has 0 radical (unpaired) electrons. The van der Waals surface area contributed by atoms with Crippen LogP contribution in [0.25, 0.3) is 17.2 Å². The second kappa shape index (κ2) is 7.04. The Morgan fingerprint density at radius 2 is 2.00 bits per heavy atom. The Morgan fingerprint density at radius 3 is 2.84 bits per heavy atom. The van der Waals surface area contributed by atoms with Gasteiger partial charge in [0.1, 0.15) is 0 Å². The summed E-state index contributed by atoms with van der Waals surface area (Å²) < 4.78 is 3.55. The zero-order valence-electron chi connectivity index (χ0n) is 17.8. The van der Waals surface area contributed by atoms with E-state index in [1.807, 2.05) is 23.0 Å². The second-order valence-corrected chi connectivity index (χ2v) is 8.79. The Labute approximate surface area is 180 Å². The molecule has 0 fully saturated rings. The molecule has 1 aromatic carbocycles. The number of aromatic nitrogens is 6. The Hall–Kier alpha value is -3.48. The lowest BCUT2D eigenvalue weighted by molar-refractivity contribution is 0.623. The molecule has 0 amide bonds. The van der Waals surface area contributed by atoms with Gasteiger partial charge >= 0.3 is 0 Å². The van der Waals surface area contributed by atoms with Gasteiger partial charge in [-0.2, -0.15) is 24.7 Å². The van der Waals surface area contributed by atoms with E-state index in [2.05, 4.69) is 53.6 Å². The van der Waals surface area contributed by atoms with Gasteiger partial charge in [0, 0.05) is 24.0 Å². The zero-order valence-corrected chi connectivity index (χ0v) is 17.8. The highest BCUT2D eigenvalue weighted by Crippen LogP contribution is 2.42. The van der Waals surface area contributed by atoms with Crippen LogP contribution in [0.4, 0.5) is 5.95 Å². The molecular weight excluding hydrogens is 386 g/mol. The van der Waals surface area contributed by atoms with Crippen LogP contribution < -0.4 is 5.32 Å². The predicted molar refractivity (Wildman–Crippen MR) is 120 cm³/mol. The van der Waals surface area contributed by atoms with Crippen LogP contribution in [0.1, 0.15) is 55.7 Å². The number of nitrogens with zero attached hydrogens (tertiary/aromatic N) is 6. The van der Waals surface area contributed by atoms with Gasteiger partial charge in [-0.25, -0.2) is 4.68 Å². The fourth-order valence-electron chi connectivity index (χ4n) is 4.87. The van der Waals surface area contributed by atoms with Crippen molar-refractivity contribution in [3.05, 3.63) is 71.2 Å². The van der Waals surface area contributed by atoms with E-state index >= 15 is 0 Å². The molecule has 7 heteroatoms. The number of nitrogens with one attached hydrogen (secondary N) is 1. The molecule has 1 atom stereocenters. The molecule has 0 bridgehead atoms. The van der Waals surface area contributed by atoms with Crippen LogP contribution in [0.3, 0.4) is 0 Å². The number of allylic oxidation sites excluding steroid dienone is 1. The summed E-state index contributed by atoms with van der Waals surface area (Å²) >= 11 is 0. The molecule has 31 heavy (non-hydrogen) atoms. The average molecular weight is 412 g/mol. The average Bonchev–Trinajstić information content (AvgIpc) is 3.51. The third-order valence-electron chi connectivity index (χ3n) is 6.47. The third kappa shape index (κ3) is 3.03. The van der Waals surface area contributed by atoms with Crippen molar-refractivity contribution >= 4 is 17.2 Å². The Kier molecular flexibility index (Phi) is 4.16. The van der Waals surface area contributed by atoms with Crippen LogP contribution in [0, 0.1) is 0 Å². The van der Waals surface area contributed by atoms with Crippen molar-refractivity contribution in [3.63, 3.8) is 0 Å². The van der Waals surface area contributed by atoms with Gasteiger partial charge in [-0.1, -0.05) is 43.7 Å². The highest BCUT2D eigenvalue weighted by molar-refractivity contribution is 5.77. The summed E-state index contributed by atoms with van der Waals surface area (Å²) in [4.78, 5) is 9.58. The second-order valence-electron chi connectivity index (χ2n) is 8.79. The highest BCUT2D eigenvalue weighted by atomic mass is 15.4. The highest BCUT2D eigenvalue weighted by Gasteiger charge is 2.29. The molecule has 0 spiro atoms. The van der Waals surface area contributed by atoms with Gasteiger partial charge in [0.05, 0.1) is 6.20 Å². The van der Waals surface area contributed by atoms with Crippen LogP contribution in [0.15, 0.2) is 54.5 Å². The quantitative estimate of drug-likeness (QED) is 0.539. The number of rotatable bonds is 4. The van der Waals surface area contributed by atoms with E-state index in [1.165, 1.54) is 16.7 Å². The summed E-state index contributed by atoms with van der Waals surface area (Å²) in [7, 11) is 0. The molecule has 0 unspecified atom stereocenters. The van der Waals surface area contributed by atoms with E-state index in [-0.39, 0.29) is 0 Å². The van der Waals surface area contributed by atoms with Crippen LogP contribution in [-0.2, 0) is 6.42 Å². The maximum atomic E-state index is 4.80. The van der Waals surface area contributed by atoms with Crippen molar-refractivity contribution in [1.82, 2.24) is 29.4 Å². The van der Waals surface area contributed by atoms with Crippen LogP contribution in [0.2, 0.25) is 0 Å². The first-order valence-corrected chi connectivity index (χ1v) is 11.0. The fraction of sp³-hybridized carbons (Fsp3) is 0.333. The Morgan fingerprint density at radius 1 is 1.10 bits per heavy atom. The van der Waals surface area contributed by atoms with Crippen LogP contribution in [-0.4, -0.2) is 35.4 Å². The number of hydrogen-bond donors (Lipinski definition) is 1. The molecule has 6 rings (SSSR count). The molecular formula is C24H25N7. The summed E-state index contributed by atoms with van der Waals surface area (Å²) in [5, 5.41) is 12.6. The van der Waals surface area contributed by atoms with Gasteiger partial charge < -0.3 is 5.32 Å². The minimum absolute atomic E-state index is 0.306. The van der Waals surface area contributed by atoms with Crippen molar-refractivity contribution in [3.8, 4) is 5.95 Å². The minimum Gasteiger partial charge on any atom is -0.351 e. The van der Waals surface area contributed by atoms with Gasteiger partial charge in [0.25, 0.3) is 5.95 Å². The van der Waals surface area contributed by atoms with E-state index in [4.69, 9.17) is 9.97 Å². The van der Waals surface area contributed by atoms with Crippen molar-refractivity contribution in [2.75, 3.05) is 5.32 Å². The SMILES string of the molecule is CC(C)c1cnn2c(N[C@@H]3CCC4=C(C3)c3ccccc3C4)nc(-n3cccn3)nc12. The number of fused-ring (bicyclic) bond motifs is 3. The Balaban J connectivity index is 1.37. The van der Waals surface area contributed by atoms with Crippen molar-refractivity contribution < 1.29 is 0 Å². The topological polar surface area (TPSA) is 72.9 Å². The Bertz CT molecular complexity index is 1300. The largest absolute Gasteiger partial charge is 0.351 e. The van der Waals surface area contributed by atoms with Crippen molar-refractivity contribution in [1.29, 1.82) is 0 Å².